The summed E-state index contributed by atoms with van der Waals surface area (Å²) in [5, 5.41) is 0. The Morgan fingerprint density at radius 1 is 1.19 bits per heavy atom. The van der Waals surface area contributed by atoms with Crippen molar-refractivity contribution >= 4 is 0 Å². The summed E-state index contributed by atoms with van der Waals surface area (Å²) >= 11 is 0. The largest absolute Gasteiger partial charge is 0.0993 e. The molecule has 1 rings (SSSR count). The highest BCUT2D eigenvalue weighted by Gasteiger charge is 2.20. The zero-order valence-corrected chi connectivity index (χ0v) is 11.8. The minimum absolute atomic E-state index is 0.637. The standard InChI is InChI=1S/C14H24.C2H6/c1-5-11(2)9-10-14-12(3)7-6-8-13(14)4;1-2/h11,14H,3-10H2,1-2H3;1-2H3. The minimum Gasteiger partial charge on any atom is -0.0993 e. The zero-order chi connectivity index (χ0) is 12.6. The number of hydrogen-bond donors (Lipinski definition) is 0. The Kier molecular flexibility index (Phi) is 8.33. The fourth-order valence-electron chi connectivity index (χ4n) is 2.24. The lowest BCUT2D eigenvalue weighted by Gasteiger charge is -2.28. The molecule has 0 N–H and O–H groups in total. The van der Waals surface area contributed by atoms with Crippen molar-refractivity contribution in [3.05, 3.63) is 24.3 Å². The summed E-state index contributed by atoms with van der Waals surface area (Å²) < 4.78 is 0. The molecule has 0 amide bonds. The second kappa shape index (κ2) is 8.61. The van der Waals surface area contributed by atoms with Crippen LogP contribution < -0.4 is 0 Å². The van der Waals surface area contributed by atoms with Gasteiger partial charge in [-0.2, -0.15) is 0 Å². The first-order valence-electron chi connectivity index (χ1n) is 7.00. The molecule has 0 aromatic rings. The van der Waals surface area contributed by atoms with Crippen molar-refractivity contribution in [1.82, 2.24) is 0 Å². The van der Waals surface area contributed by atoms with E-state index in [4.69, 9.17) is 0 Å². The second-order valence-electron chi connectivity index (χ2n) is 4.81. The van der Waals surface area contributed by atoms with Crippen molar-refractivity contribution in [2.45, 2.75) is 66.2 Å². The molecule has 0 nitrogen and oxygen atoms in total. The van der Waals surface area contributed by atoms with Gasteiger partial charge in [0.25, 0.3) is 0 Å². The molecule has 0 heteroatoms. The fraction of sp³-hybridized carbons (Fsp3) is 0.750. The molecule has 0 saturated heterocycles. The smallest absolute Gasteiger partial charge is 0.000164 e. The van der Waals surface area contributed by atoms with Crippen LogP contribution >= 0.6 is 0 Å². The van der Waals surface area contributed by atoms with Crippen molar-refractivity contribution < 1.29 is 0 Å². The fourth-order valence-corrected chi connectivity index (χ4v) is 2.24. The van der Waals surface area contributed by atoms with Gasteiger partial charge in [0.05, 0.1) is 0 Å². The van der Waals surface area contributed by atoms with E-state index in [9.17, 15) is 0 Å². The van der Waals surface area contributed by atoms with E-state index in [1.807, 2.05) is 13.8 Å². The predicted molar refractivity (Wildman–Crippen MR) is 75.7 cm³/mol. The Bertz CT molecular complexity index is 196. The quantitative estimate of drug-likeness (QED) is 0.531. The summed E-state index contributed by atoms with van der Waals surface area (Å²) in [5.41, 5.74) is 2.87. The first-order chi connectivity index (χ1) is 7.65. The molecule has 0 spiro atoms. The molecule has 1 saturated carbocycles. The van der Waals surface area contributed by atoms with E-state index in [-0.39, 0.29) is 0 Å². The van der Waals surface area contributed by atoms with Gasteiger partial charge in [-0.3, -0.25) is 0 Å². The maximum absolute atomic E-state index is 4.19. The highest BCUT2D eigenvalue weighted by molar-refractivity contribution is 5.20. The number of hydrogen-bond acceptors (Lipinski definition) is 0. The Labute approximate surface area is 103 Å². The molecule has 0 aliphatic heterocycles. The third-order valence-electron chi connectivity index (χ3n) is 3.63. The van der Waals surface area contributed by atoms with Crippen LogP contribution in [-0.2, 0) is 0 Å². The van der Waals surface area contributed by atoms with Crippen molar-refractivity contribution in [2.24, 2.45) is 11.8 Å². The van der Waals surface area contributed by atoms with Crippen LogP contribution in [0.25, 0.3) is 0 Å². The molecule has 0 heterocycles. The molecule has 0 aromatic heterocycles. The van der Waals surface area contributed by atoms with Gasteiger partial charge < -0.3 is 0 Å². The lowest BCUT2D eigenvalue weighted by molar-refractivity contribution is 0.436. The molecule has 1 aliphatic carbocycles. The predicted octanol–water partition coefficient (Wildman–Crippen LogP) is 5.75. The average molecular weight is 222 g/mol. The highest BCUT2D eigenvalue weighted by atomic mass is 14.3. The molecule has 1 atom stereocenters. The van der Waals surface area contributed by atoms with Crippen LogP contribution in [0.1, 0.15) is 66.2 Å². The monoisotopic (exact) mass is 222 g/mol. The molecule has 1 unspecified atom stereocenters. The zero-order valence-electron chi connectivity index (χ0n) is 11.8. The SMILES string of the molecule is C=C1CCCC(=C)C1CCC(C)CC.CC. The van der Waals surface area contributed by atoms with Crippen LogP contribution in [0.15, 0.2) is 24.3 Å². The van der Waals surface area contributed by atoms with Gasteiger partial charge >= 0.3 is 0 Å². The maximum Gasteiger partial charge on any atom is 0.000164 e. The maximum atomic E-state index is 4.19. The van der Waals surface area contributed by atoms with Gasteiger partial charge in [-0.15, -0.1) is 0 Å². The van der Waals surface area contributed by atoms with Crippen LogP contribution in [-0.4, -0.2) is 0 Å². The van der Waals surface area contributed by atoms with E-state index < -0.39 is 0 Å². The van der Waals surface area contributed by atoms with Gasteiger partial charge in [0.15, 0.2) is 0 Å². The van der Waals surface area contributed by atoms with Crippen molar-refractivity contribution in [3.63, 3.8) is 0 Å². The lowest BCUT2D eigenvalue weighted by atomic mass is 9.78. The molecule has 1 fully saturated rings. The van der Waals surface area contributed by atoms with Crippen LogP contribution in [0.4, 0.5) is 0 Å². The van der Waals surface area contributed by atoms with Gasteiger partial charge in [0.1, 0.15) is 0 Å². The Hall–Kier alpha value is -0.520. The van der Waals surface area contributed by atoms with Crippen LogP contribution in [0.5, 0.6) is 0 Å². The molecule has 0 radical (unpaired) electrons. The third-order valence-corrected chi connectivity index (χ3v) is 3.63. The van der Waals surface area contributed by atoms with Gasteiger partial charge in [0, 0.05) is 5.92 Å². The van der Waals surface area contributed by atoms with Crippen LogP contribution in [0.2, 0.25) is 0 Å². The van der Waals surface area contributed by atoms with Crippen molar-refractivity contribution in [1.29, 1.82) is 0 Å². The summed E-state index contributed by atoms with van der Waals surface area (Å²) in [5.74, 6) is 1.50. The van der Waals surface area contributed by atoms with Gasteiger partial charge in [-0.05, 0) is 38.0 Å². The minimum atomic E-state index is 0.637. The Morgan fingerprint density at radius 3 is 2.12 bits per heavy atom. The summed E-state index contributed by atoms with van der Waals surface area (Å²) in [7, 11) is 0. The molecule has 1 aliphatic rings. The van der Waals surface area contributed by atoms with Crippen LogP contribution in [0, 0.1) is 11.8 Å². The van der Waals surface area contributed by atoms with Gasteiger partial charge in [-0.1, -0.05) is 58.4 Å². The van der Waals surface area contributed by atoms with E-state index in [1.165, 1.54) is 49.7 Å². The first kappa shape index (κ1) is 15.5. The van der Waals surface area contributed by atoms with E-state index >= 15 is 0 Å². The van der Waals surface area contributed by atoms with E-state index in [0.29, 0.717) is 5.92 Å². The van der Waals surface area contributed by atoms with E-state index in [0.717, 1.165) is 5.92 Å². The third kappa shape index (κ3) is 5.01. The first-order valence-corrected chi connectivity index (χ1v) is 7.00. The molecular weight excluding hydrogens is 192 g/mol. The van der Waals surface area contributed by atoms with Crippen molar-refractivity contribution in [2.75, 3.05) is 0 Å². The van der Waals surface area contributed by atoms with Gasteiger partial charge in [-0.25, -0.2) is 0 Å². The summed E-state index contributed by atoms with van der Waals surface area (Å²) in [4.78, 5) is 0. The highest BCUT2D eigenvalue weighted by Crippen LogP contribution is 2.35. The van der Waals surface area contributed by atoms with Gasteiger partial charge in [0.2, 0.25) is 0 Å². The molecule has 0 bridgehead atoms. The van der Waals surface area contributed by atoms with Crippen molar-refractivity contribution in [3.8, 4) is 0 Å². The molecule has 16 heavy (non-hydrogen) atoms. The molecule has 0 aromatic carbocycles. The topological polar surface area (TPSA) is 0 Å². The second-order valence-corrected chi connectivity index (χ2v) is 4.81. The Morgan fingerprint density at radius 2 is 1.69 bits per heavy atom. The summed E-state index contributed by atoms with van der Waals surface area (Å²) in [6, 6.07) is 0. The number of rotatable bonds is 4. The number of allylic oxidation sites excluding steroid dienone is 2. The normalized spacial score (nSPS) is 19.0. The van der Waals surface area contributed by atoms with E-state index in [2.05, 4.69) is 27.0 Å². The van der Waals surface area contributed by atoms with Crippen LogP contribution in [0.3, 0.4) is 0 Å². The summed E-state index contributed by atoms with van der Waals surface area (Å²) in [6.45, 7) is 17.0. The molecular formula is C16H30. The molecule has 94 valence electrons. The average Bonchev–Trinajstić information content (AvgIpc) is 2.30. The van der Waals surface area contributed by atoms with E-state index in [1.54, 1.807) is 0 Å². The summed E-state index contributed by atoms with van der Waals surface area (Å²) in [6.07, 6.45) is 7.64. The lowest BCUT2D eigenvalue weighted by Crippen LogP contribution is -2.13. The Balaban J connectivity index is 0.00000106.